The number of thioether (sulfide) groups is 1. The van der Waals surface area contributed by atoms with Gasteiger partial charge in [0.15, 0.2) is 0 Å². The molecule has 0 rings (SSSR count). The van der Waals surface area contributed by atoms with E-state index >= 15 is 0 Å². The molecular formula is C10H20O3S. The molecule has 2 unspecified atom stereocenters. The normalized spacial score (nSPS) is 15.1. The molecule has 0 aromatic heterocycles. The molecule has 0 heterocycles. The van der Waals surface area contributed by atoms with Gasteiger partial charge in [-0.15, -0.1) is 0 Å². The Morgan fingerprint density at radius 2 is 2.07 bits per heavy atom. The van der Waals surface area contributed by atoms with Crippen LogP contribution < -0.4 is 0 Å². The molecule has 0 aliphatic carbocycles. The lowest BCUT2D eigenvalue weighted by molar-refractivity contribution is -0.146. The minimum Gasteiger partial charge on any atom is -0.481 e. The Morgan fingerprint density at radius 3 is 2.50 bits per heavy atom. The minimum absolute atomic E-state index is 0.571. The molecule has 0 aromatic carbocycles. The van der Waals surface area contributed by atoms with E-state index in [1.54, 1.807) is 11.8 Å². The van der Waals surface area contributed by atoms with E-state index < -0.39 is 18.0 Å². The number of aliphatic hydroxyl groups excluding tert-OH is 1. The molecule has 14 heavy (non-hydrogen) atoms. The predicted molar refractivity (Wildman–Crippen MR) is 59.7 cm³/mol. The lowest BCUT2D eigenvalue weighted by atomic mass is 9.94. The number of carboxylic acid groups (broad SMARTS) is 1. The number of hydrogen-bond acceptors (Lipinski definition) is 3. The molecule has 0 saturated carbocycles. The van der Waals surface area contributed by atoms with Crippen molar-refractivity contribution in [3.63, 3.8) is 0 Å². The van der Waals surface area contributed by atoms with Crippen molar-refractivity contribution in [2.24, 2.45) is 5.92 Å². The van der Waals surface area contributed by atoms with Crippen molar-refractivity contribution < 1.29 is 15.0 Å². The first-order chi connectivity index (χ1) is 6.63. The van der Waals surface area contributed by atoms with E-state index in [0.717, 1.165) is 18.6 Å². The lowest BCUT2D eigenvalue weighted by Crippen LogP contribution is -2.28. The third-order valence-electron chi connectivity index (χ3n) is 2.27. The van der Waals surface area contributed by atoms with E-state index in [-0.39, 0.29) is 0 Å². The maximum Gasteiger partial charge on any atom is 0.309 e. The summed E-state index contributed by atoms with van der Waals surface area (Å²) in [5.41, 5.74) is 0. The summed E-state index contributed by atoms with van der Waals surface area (Å²) in [5, 5.41) is 18.5. The molecule has 0 saturated heterocycles. The van der Waals surface area contributed by atoms with Crippen LogP contribution in [-0.4, -0.2) is 34.3 Å². The second-order valence-corrected chi connectivity index (χ2v) is 4.42. The molecule has 0 aliphatic heterocycles. The van der Waals surface area contributed by atoms with Crippen LogP contribution in [0, 0.1) is 5.92 Å². The average Bonchev–Trinajstić information content (AvgIpc) is 2.14. The molecule has 0 spiro atoms. The van der Waals surface area contributed by atoms with Crippen LogP contribution in [0.2, 0.25) is 0 Å². The van der Waals surface area contributed by atoms with Gasteiger partial charge in [-0.05, 0) is 24.9 Å². The van der Waals surface area contributed by atoms with Gasteiger partial charge in [-0.3, -0.25) is 4.79 Å². The number of rotatable bonds is 8. The molecular weight excluding hydrogens is 200 g/mol. The van der Waals surface area contributed by atoms with Crippen LogP contribution in [0.3, 0.4) is 0 Å². The number of unbranched alkanes of at least 4 members (excludes halogenated alkanes) is 1. The molecule has 2 atom stereocenters. The van der Waals surface area contributed by atoms with Crippen molar-refractivity contribution in [3.8, 4) is 0 Å². The molecule has 3 nitrogen and oxygen atoms in total. The monoisotopic (exact) mass is 220 g/mol. The summed E-state index contributed by atoms with van der Waals surface area (Å²) in [4.78, 5) is 10.8. The molecule has 0 aromatic rings. The van der Waals surface area contributed by atoms with Crippen molar-refractivity contribution in [3.05, 3.63) is 0 Å². The van der Waals surface area contributed by atoms with Crippen molar-refractivity contribution in [1.82, 2.24) is 0 Å². The molecule has 0 amide bonds. The van der Waals surface area contributed by atoms with Gasteiger partial charge >= 0.3 is 5.97 Å². The van der Waals surface area contributed by atoms with Gasteiger partial charge in [-0.2, -0.15) is 11.8 Å². The van der Waals surface area contributed by atoms with Crippen LogP contribution in [0.1, 0.15) is 32.6 Å². The van der Waals surface area contributed by atoms with Gasteiger partial charge in [0.1, 0.15) is 0 Å². The quantitative estimate of drug-likeness (QED) is 0.657. The zero-order valence-electron chi connectivity index (χ0n) is 8.90. The Morgan fingerprint density at radius 1 is 1.43 bits per heavy atom. The summed E-state index contributed by atoms with van der Waals surface area (Å²) < 4.78 is 0. The van der Waals surface area contributed by atoms with E-state index in [9.17, 15) is 9.90 Å². The molecule has 0 radical (unpaired) electrons. The van der Waals surface area contributed by atoms with Crippen molar-refractivity contribution in [2.75, 3.05) is 12.0 Å². The SMILES string of the molecule is CCCCC(C(=O)O)C(O)CCSC. The largest absolute Gasteiger partial charge is 0.481 e. The summed E-state index contributed by atoms with van der Waals surface area (Å²) in [6, 6.07) is 0. The lowest BCUT2D eigenvalue weighted by Gasteiger charge is -2.18. The van der Waals surface area contributed by atoms with Gasteiger partial charge in [-0.25, -0.2) is 0 Å². The summed E-state index contributed by atoms with van der Waals surface area (Å²) in [6.45, 7) is 2.02. The number of hydrogen-bond donors (Lipinski definition) is 2. The summed E-state index contributed by atoms with van der Waals surface area (Å²) in [6.07, 6.45) is 4.26. The van der Waals surface area contributed by atoms with Crippen molar-refractivity contribution in [2.45, 2.75) is 38.7 Å². The summed E-state index contributed by atoms with van der Waals surface area (Å²) >= 11 is 1.63. The summed E-state index contributed by atoms with van der Waals surface area (Å²) in [5.74, 6) is -0.633. The number of carbonyl (C=O) groups is 1. The highest BCUT2D eigenvalue weighted by molar-refractivity contribution is 7.98. The Bertz CT molecular complexity index is 161. The van der Waals surface area contributed by atoms with Crippen LogP contribution >= 0.6 is 11.8 Å². The summed E-state index contributed by atoms with van der Waals surface area (Å²) in [7, 11) is 0. The fourth-order valence-corrected chi connectivity index (χ4v) is 1.82. The zero-order chi connectivity index (χ0) is 11.0. The predicted octanol–water partition coefficient (Wildman–Crippen LogP) is 1.99. The number of carboxylic acids is 1. The van der Waals surface area contributed by atoms with E-state index in [2.05, 4.69) is 0 Å². The van der Waals surface area contributed by atoms with Crippen LogP contribution in [0.15, 0.2) is 0 Å². The first-order valence-corrected chi connectivity index (χ1v) is 6.42. The third-order valence-corrected chi connectivity index (χ3v) is 2.91. The van der Waals surface area contributed by atoms with Crippen LogP contribution in [0.5, 0.6) is 0 Å². The van der Waals surface area contributed by atoms with Crippen molar-refractivity contribution >= 4 is 17.7 Å². The average molecular weight is 220 g/mol. The molecule has 2 N–H and O–H groups in total. The van der Waals surface area contributed by atoms with Crippen LogP contribution in [-0.2, 0) is 4.79 Å². The number of aliphatic carboxylic acids is 1. The Labute approximate surface area is 89.9 Å². The second-order valence-electron chi connectivity index (χ2n) is 3.44. The van der Waals surface area contributed by atoms with Gasteiger partial charge in [-0.1, -0.05) is 19.8 Å². The highest BCUT2D eigenvalue weighted by Gasteiger charge is 2.25. The van der Waals surface area contributed by atoms with Gasteiger partial charge in [0.2, 0.25) is 0 Å². The zero-order valence-corrected chi connectivity index (χ0v) is 9.72. The van der Waals surface area contributed by atoms with Crippen molar-refractivity contribution in [1.29, 1.82) is 0 Å². The molecule has 0 aliphatic rings. The highest BCUT2D eigenvalue weighted by Crippen LogP contribution is 2.17. The molecule has 0 fully saturated rings. The van der Waals surface area contributed by atoms with Gasteiger partial charge < -0.3 is 10.2 Å². The van der Waals surface area contributed by atoms with Gasteiger partial charge in [0.05, 0.1) is 12.0 Å². The Balaban J connectivity index is 3.97. The smallest absolute Gasteiger partial charge is 0.309 e. The molecule has 84 valence electrons. The Hall–Kier alpha value is -0.220. The fraction of sp³-hybridized carbons (Fsp3) is 0.900. The number of aliphatic hydroxyl groups is 1. The maximum absolute atomic E-state index is 10.8. The second kappa shape index (κ2) is 8.12. The van der Waals surface area contributed by atoms with E-state index in [0.29, 0.717) is 12.8 Å². The van der Waals surface area contributed by atoms with Gasteiger partial charge in [0, 0.05) is 0 Å². The maximum atomic E-state index is 10.8. The van der Waals surface area contributed by atoms with Crippen LogP contribution in [0.4, 0.5) is 0 Å². The van der Waals surface area contributed by atoms with Gasteiger partial charge in [0.25, 0.3) is 0 Å². The van der Waals surface area contributed by atoms with E-state index in [1.807, 2.05) is 13.2 Å². The topological polar surface area (TPSA) is 57.5 Å². The molecule has 4 heteroatoms. The fourth-order valence-electron chi connectivity index (χ4n) is 1.34. The first kappa shape index (κ1) is 13.8. The minimum atomic E-state index is -0.868. The Kier molecular flexibility index (Phi) is 7.99. The van der Waals surface area contributed by atoms with E-state index in [1.165, 1.54) is 0 Å². The standard InChI is InChI=1S/C10H20O3S/c1-3-4-5-8(10(12)13)9(11)6-7-14-2/h8-9,11H,3-7H2,1-2H3,(H,12,13). The highest BCUT2D eigenvalue weighted by atomic mass is 32.2. The molecule has 0 bridgehead atoms. The third kappa shape index (κ3) is 5.50. The van der Waals surface area contributed by atoms with Crippen LogP contribution in [0.25, 0.3) is 0 Å². The van der Waals surface area contributed by atoms with E-state index in [4.69, 9.17) is 5.11 Å². The first-order valence-electron chi connectivity index (χ1n) is 5.03.